The van der Waals surface area contributed by atoms with Crippen LogP contribution in [0.25, 0.3) is 0 Å². The molecule has 0 amide bonds. The number of carbonyl (C=O) groups is 3. The molecule has 93 heavy (non-hydrogen) atoms. The van der Waals surface area contributed by atoms with Gasteiger partial charge in [-0.2, -0.15) is 0 Å². The van der Waals surface area contributed by atoms with Gasteiger partial charge in [-0.05, 0) is 83.5 Å². The lowest BCUT2D eigenvalue weighted by molar-refractivity contribution is -0.870. The summed E-state index contributed by atoms with van der Waals surface area (Å²) in [5, 5.41) is 11.8. The van der Waals surface area contributed by atoms with E-state index in [1.807, 2.05) is 21.1 Å². The highest BCUT2D eigenvalue weighted by Gasteiger charge is 2.22. The van der Waals surface area contributed by atoms with Crippen molar-refractivity contribution >= 4 is 17.9 Å². The number of likely N-dealkylation sites (N-methyl/N-ethyl adjacent to an activating group) is 1. The van der Waals surface area contributed by atoms with E-state index in [9.17, 15) is 19.5 Å². The number of quaternary nitrogens is 1. The molecule has 0 bridgehead atoms. The zero-order chi connectivity index (χ0) is 67.5. The molecule has 0 saturated heterocycles. The van der Waals surface area contributed by atoms with Crippen LogP contribution in [0.3, 0.4) is 0 Å². The number of unbranched alkanes of at least 4 members (excludes halogenated alkanes) is 39. The normalized spacial score (nSPS) is 13.3. The fourth-order valence-corrected chi connectivity index (χ4v) is 11.1. The van der Waals surface area contributed by atoms with Gasteiger partial charge in [0.2, 0.25) is 0 Å². The minimum atomic E-state index is -1.64. The van der Waals surface area contributed by atoms with Crippen molar-refractivity contribution in [3.05, 3.63) is 109 Å². The van der Waals surface area contributed by atoms with Crippen molar-refractivity contribution in [2.45, 2.75) is 360 Å². The highest BCUT2D eigenvalue weighted by molar-refractivity contribution is 5.70. The van der Waals surface area contributed by atoms with Gasteiger partial charge in [-0.25, -0.2) is 0 Å². The molecule has 0 aromatic carbocycles. The Morgan fingerprint density at radius 2 is 0.613 bits per heavy atom. The first-order chi connectivity index (χ1) is 45.6. The van der Waals surface area contributed by atoms with Gasteiger partial charge in [-0.15, -0.1) is 0 Å². The highest BCUT2D eigenvalue weighted by Crippen LogP contribution is 2.19. The predicted octanol–water partition coefficient (Wildman–Crippen LogP) is 23.6. The first-order valence-electron chi connectivity index (χ1n) is 39.0. The molecule has 0 rings (SSSR count). The first-order valence-corrected chi connectivity index (χ1v) is 39.0. The van der Waals surface area contributed by atoms with Crippen molar-refractivity contribution in [1.29, 1.82) is 0 Å². The largest absolute Gasteiger partial charge is 0.545 e. The molecular weight excluding hydrogens is 1150 g/mol. The molecule has 0 heterocycles. The SMILES string of the molecule is CC/C=C\C/C=C\C/C=C\C/C=C\C/C=C\C/C=C\C/C=C\C/C=C\C/C=C\CCCCCC(=O)OC(COC(=O)CCCCCCCCCCCCCCCCCCCCCCCCCCCCCCCCCCCCCCC)COC(OCC[N+](C)(C)C)C(=O)[O-]. The van der Waals surface area contributed by atoms with Crippen LogP contribution in [0.4, 0.5) is 0 Å². The number of aliphatic carboxylic acids is 1. The Balaban J connectivity index is 4.09. The average molecular weight is 1300 g/mol. The molecule has 0 saturated carbocycles. The minimum Gasteiger partial charge on any atom is -0.545 e. The summed E-state index contributed by atoms with van der Waals surface area (Å²) in [4.78, 5) is 37.5. The van der Waals surface area contributed by atoms with E-state index in [1.165, 1.54) is 218 Å². The van der Waals surface area contributed by atoms with Gasteiger partial charge in [0.15, 0.2) is 12.4 Å². The lowest BCUT2D eigenvalue weighted by Crippen LogP contribution is -2.44. The van der Waals surface area contributed by atoms with Crippen molar-refractivity contribution in [3.63, 3.8) is 0 Å². The Bertz CT molecular complexity index is 1900. The number of esters is 2. The summed E-state index contributed by atoms with van der Waals surface area (Å²) in [6.07, 6.45) is 101. The number of nitrogens with zero attached hydrogens (tertiary/aromatic N) is 1. The summed E-state index contributed by atoms with van der Waals surface area (Å²) in [6, 6.07) is 0. The van der Waals surface area contributed by atoms with Gasteiger partial charge in [-0.1, -0.05) is 361 Å². The lowest BCUT2D eigenvalue weighted by atomic mass is 10.0. The van der Waals surface area contributed by atoms with Crippen molar-refractivity contribution in [2.24, 2.45) is 0 Å². The van der Waals surface area contributed by atoms with E-state index in [1.54, 1.807) is 0 Å². The van der Waals surface area contributed by atoms with E-state index >= 15 is 0 Å². The van der Waals surface area contributed by atoms with Gasteiger partial charge >= 0.3 is 11.9 Å². The van der Waals surface area contributed by atoms with Crippen LogP contribution in [-0.2, 0) is 33.3 Å². The quantitative estimate of drug-likeness (QED) is 0.0195. The van der Waals surface area contributed by atoms with E-state index in [0.717, 1.165) is 96.3 Å². The Hall–Kier alpha value is -4.05. The molecule has 2 atom stereocenters. The molecule has 9 nitrogen and oxygen atoms in total. The van der Waals surface area contributed by atoms with Crippen LogP contribution < -0.4 is 5.11 Å². The van der Waals surface area contributed by atoms with E-state index < -0.39 is 24.3 Å². The van der Waals surface area contributed by atoms with Gasteiger partial charge in [-0.3, -0.25) is 9.59 Å². The van der Waals surface area contributed by atoms with Crippen LogP contribution in [0.15, 0.2) is 109 Å². The molecule has 0 aliphatic heterocycles. The third-order valence-electron chi connectivity index (χ3n) is 17.0. The Kier molecular flexibility index (Phi) is 70.5. The molecule has 0 aliphatic carbocycles. The molecule has 0 aliphatic rings. The number of carboxylic acids is 1. The summed E-state index contributed by atoms with van der Waals surface area (Å²) in [6.45, 7) is 4.63. The van der Waals surface area contributed by atoms with Crippen LogP contribution >= 0.6 is 0 Å². The molecular formula is C84H147NO8. The summed E-state index contributed by atoms with van der Waals surface area (Å²) >= 11 is 0. The van der Waals surface area contributed by atoms with Gasteiger partial charge in [0.05, 0.1) is 40.3 Å². The molecule has 0 aromatic rings. The maximum absolute atomic E-state index is 12.9. The maximum Gasteiger partial charge on any atom is 0.306 e. The standard InChI is InChI=1S/C84H147NO8/c1-6-8-10-12-14-16-18-20-22-24-26-28-30-32-34-36-38-39-40-41-42-43-45-46-48-50-52-54-56-58-60-62-64-66-68-70-72-74-81(86)91-78-80(79-92-84(83(88)89)90-77-76-85(3,4)5)93-82(87)75-73-71-69-67-65-63-61-59-57-55-53-51-49-47-44-37-35-33-31-29-27-25-23-21-19-17-15-13-11-9-7-2/h9,11,15,17,21,23,27,29,33,35,44,47,51,53,57,59,63,65,80,84H,6-8,10,12-14,16,18-20,22,24-26,28,30-32,34,36-43,45-46,48-50,52,54-56,58,60-62,64,66-79H2,1-5H3/b11-9-,17-15-,23-21-,29-27-,35-33-,47-44-,53-51-,59-57-,65-63-. The zero-order valence-electron chi connectivity index (χ0n) is 61.4. The van der Waals surface area contributed by atoms with Crippen LogP contribution in [0.1, 0.15) is 348 Å². The number of hydrogen-bond acceptors (Lipinski definition) is 8. The number of ether oxygens (including phenoxy) is 4. The number of carbonyl (C=O) groups excluding carboxylic acids is 3. The third kappa shape index (κ3) is 75.2. The molecule has 2 unspecified atom stereocenters. The number of carboxylic acid groups (broad SMARTS) is 1. The van der Waals surface area contributed by atoms with Gasteiger partial charge in [0, 0.05) is 12.8 Å². The predicted molar refractivity (Wildman–Crippen MR) is 398 cm³/mol. The fraction of sp³-hybridized carbons (Fsp3) is 0.750. The van der Waals surface area contributed by atoms with Crippen molar-refractivity contribution < 1.29 is 42.9 Å². The fourth-order valence-electron chi connectivity index (χ4n) is 11.1. The van der Waals surface area contributed by atoms with Crippen molar-refractivity contribution in [1.82, 2.24) is 0 Å². The Morgan fingerprint density at radius 3 is 0.914 bits per heavy atom. The number of rotatable bonds is 72. The molecule has 0 spiro atoms. The van der Waals surface area contributed by atoms with Gasteiger partial charge in [0.25, 0.3) is 0 Å². The molecule has 0 aromatic heterocycles. The smallest absolute Gasteiger partial charge is 0.306 e. The second kappa shape index (κ2) is 73.8. The summed E-state index contributed by atoms with van der Waals surface area (Å²) in [5.41, 5.74) is 0. The molecule has 9 heteroatoms. The summed E-state index contributed by atoms with van der Waals surface area (Å²) < 4.78 is 22.8. The van der Waals surface area contributed by atoms with Crippen LogP contribution in [0, 0.1) is 0 Å². The van der Waals surface area contributed by atoms with E-state index in [2.05, 4.69) is 123 Å². The second-order valence-corrected chi connectivity index (χ2v) is 27.3. The molecule has 0 fully saturated rings. The Morgan fingerprint density at radius 1 is 0.333 bits per heavy atom. The monoisotopic (exact) mass is 1300 g/mol. The first kappa shape index (κ1) is 89.0. The maximum atomic E-state index is 12.9. The van der Waals surface area contributed by atoms with E-state index in [0.29, 0.717) is 17.4 Å². The average Bonchev–Trinajstić information content (AvgIpc) is 3.38. The zero-order valence-corrected chi connectivity index (χ0v) is 61.4. The summed E-state index contributed by atoms with van der Waals surface area (Å²) in [5.74, 6) is -2.32. The highest BCUT2D eigenvalue weighted by atomic mass is 16.7. The number of hydrogen-bond donors (Lipinski definition) is 0. The second-order valence-electron chi connectivity index (χ2n) is 27.3. The molecule has 0 N–H and O–H groups in total. The van der Waals surface area contributed by atoms with Crippen LogP contribution in [0.2, 0.25) is 0 Å². The lowest BCUT2D eigenvalue weighted by Gasteiger charge is -2.26. The van der Waals surface area contributed by atoms with Crippen LogP contribution in [0.5, 0.6) is 0 Å². The third-order valence-corrected chi connectivity index (χ3v) is 17.0. The van der Waals surface area contributed by atoms with Gasteiger partial charge in [0.1, 0.15) is 13.2 Å². The van der Waals surface area contributed by atoms with Crippen LogP contribution in [-0.4, -0.2) is 82.3 Å². The number of allylic oxidation sites excluding steroid dienone is 18. The minimum absolute atomic E-state index is 0.137. The molecule has 536 valence electrons. The van der Waals surface area contributed by atoms with Crippen molar-refractivity contribution in [2.75, 3.05) is 47.5 Å². The topological polar surface area (TPSA) is 111 Å². The van der Waals surface area contributed by atoms with E-state index in [4.69, 9.17) is 18.9 Å². The van der Waals surface area contributed by atoms with Crippen molar-refractivity contribution in [3.8, 4) is 0 Å². The molecule has 0 radical (unpaired) electrons. The Labute approximate surface area is 575 Å². The van der Waals surface area contributed by atoms with Gasteiger partial charge < -0.3 is 33.3 Å². The van der Waals surface area contributed by atoms with E-state index in [-0.39, 0.29) is 38.6 Å². The summed E-state index contributed by atoms with van der Waals surface area (Å²) in [7, 11) is 5.92.